The molecule has 0 radical (unpaired) electrons. The molecule has 0 atom stereocenters. The van der Waals surface area contributed by atoms with Gasteiger partial charge < -0.3 is 0 Å². The van der Waals surface area contributed by atoms with Gasteiger partial charge in [0.2, 0.25) is 10.0 Å². The zero-order valence-corrected chi connectivity index (χ0v) is 13.2. The third kappa shape index (κ3) is 3.41. The second-order valence-corrected chi connectivity index (χ2v) is 7.45. The Labute approximate surface area is 132 Å². The van der Waals surface area contributed by atoms with E-state index in [0.29, 0.717) is 10.8 Å². The number of hydrogen-bond acceptors (Lipinski definition) is 5. The average Bonchev–Trinajstić information content (AvgIpc) is 3.20. The summed E-state index contributed by atoms with van der Waals surface area (Å²) in [6.07, 6.45) is 3.52. The quantitative estimate of drug-likeness (QED) is 0.748. The lowest BCUT2D eigenvalue weighted by Gasteiger charge is -2.04. The molecule has 3 aromatic heterocycles. The van der Waals surface area contributed by atoms with E-state index in [9.17, 15) is 8.42 Å². The molecular weight excluding hydrogens is 320 g/mol. The van der Waals surface area contributed by atoms with Crippen LogP contribution in [-0.2, 0) is 16.6 Å². The van der Waals surface area contributed by atoms with E-state index in [1.54, 1.807) is 28.4 Å². The molecule has 0 bridgehead atoms. The number of rotatable bonds is 6. The van der Waals surface area contributed by atoms with Crippen molar-refractivity contribution in [3.63, 3.8) is 0 Å². The summed E-state index contributed by atoms with van der Waals surface area (Å²) < 4.78 is 28.5. The number of thiophene rings is 1. The van der Waals surface area contributed by atoms with Crippen molar-refractivity contribution < 1.29 is 8.42 Å². The highest BCUT2D eigenvalue weighted by Crippen LogP contribution is 2.15. The van der Waals surface area contributed by atoms with Crippen molar-refractivity contribution in [1.29, 1.82) is 0 Å². The zero-order chi connectivity index (χ0) is 15.4. The monoisotopic (exact) mass is 334 g/mol. The first kappa shape index (κ1) is 14.9. The molecule has 22 heavy (non-hydrogen) atoms. The molecule has 0 saturated heterocycles. The van der Waals surface area contributed by atoms with Crippen molar-refractivity contribution in [3.05, 3.63) is 54.2 Å². The van der Waals surface area contributed by atoms with Crippen LogP contribution in [0.4, 0.5) is 0 Å². The Morgan fingerprint density at radius 3 is 2.77 bits per heavy atom. The molecule has 114 valence electrons. The van der Waals surface area contributed by atoms with Gasteiger partial charge in [0.25, 0.3) is 0 Å². The Morgan fingerprint density at radius 2 is 2.05 bits per heavy atom. The van der Waals surface area contributed by atoms with Crippen LogP contribution in [0.1, 0.15) is 0 Å². The Hall–Kier alpha value is -2.03. The second kappa shape index (κ2) is 6.39. The molecule has 0 aliphatic rings. The van der Waals surface area contributed by atoms with Gasteiger partial charge in [0.1, 0.15) is 9.90 Å². The first-order valence-corrected chi connectivity index (χ1v) is 8.99. The summed E-state index contributed by atoms with van der Waals surface area (Å²) in [4.78, 5) is 4.23. The Morgan fingerprint density at radius 1 is 1.14 bits per heavy atom. The van der Waals surface area contributed by atoms with Crippen molar-refractivity contribution in [2.75, 3.05) is 6.54 Å². The normalized spacial score (nSPS) is 11.6. The fraction of sp³-hybridized carbons (Fsp3) is 0.143. The van der Waals surface area contributed by atoms with Crippen LogP contribution in [0.25, 0.3) is 11.4 Å². The summed E-state index contributed by atoms with van der Waals surface area (Å²) in [7, 11) is -3.42. The predicted octanol–water partition coefficient (Wildman–Crippen LogP) is 1.99. The van der Waals surface area contributed by atoms with Gasteiger partial charge in [-0.2, -0.15) is 5.10 Å². The van der Waals surface area contributed by atoms with E-state index in [1.807, 2.05) is 30.5 Å². The summed E-state index contributed by atoms with van der Waals surface area (Å²) in [5, 5.41) is 6.12. The molecule has 0 aliphatic heterocycles. The van der Waals surface area contributed by atoms with Gasteiger partial charge in [-0.25, -0.2) is 13.1 Å². The number of nitrogens with one attached hydrogen (secondary N) is 1. The maximum atomic E-state index is 12.0. The molecule has 1 N–H and O–H groups in total. The van der Waals surface area contributed by atoms with Gasteiger partial charge in [-0.1, -0.05) is 12.1 Å². The standard InChI is InChI=1S/C14H14N4O2S2/c19-22(20,14-5-3-11-21-14)16-8-10-18-9-6-13(17-18)12-4-1-2-7-15-12/h1-7,9,11,16H,8,10H2. The van der Waals surface area contributed by atoms with E-state index in [-0.39, 0.29) is 6.54 Å². The number of pyridine rings is 1. The molecule has 0 saturated carbocycles. The van der Waals surface area contributed by atoms with Crippen LogP contribution in [0.5, 0.6) is 0 Å². The summed E-state index contributed by atoms with van der Waals surface area (Å²) >= 11 is 1.20. The van der Waals surface area contributed by atoms with Crippen molar-refractivity contribution in [3.8, 4) is 11.4 Å². The topological polar surface area (TPSA) is 76.9 Å². The lowest BCUT2D eigenvalue weighted by atomic mass is 10.3. The van der Waals surface area contributed by atoms with Crippen LogP contribution in [0.3, 0.4) is 0 Å². The molecule has 0 amide bonds. The highest BCUT2D eigenvalue weighted by atomic mass is 32.2. The molecule has 0 spiro atoms. The molecule has 0 fully saturated rings. The Kier molecular flexibility index (Phi) is 4.32. The van der Waals surface area contributed by atoms with E-state index in [4.69, 9.17) is 0 Å². The second-order valence-electron chi connectivity index (χ2n) is 4.51. The fourth-order valence-electron chi connectivity index (χ4n) is 1.92. The molecule has 3 heterocycles. The van der Waals surface area contributed by atoms with Gasteiger partial charge in [0.15, 0.2) is 0 Å². The molecule has 8 heteroatoms. The average molecular weight is 334 g/mol. The molecule has 0 unspecified atom stereocenters. The predicted molar refractivity (Wildman–Crippen MR) is 85.0 cm³/mol. The van der Waals surface area contributed by atoms with E-state index in [2.05, 4.69) is 14.8 Å². The molecule has 0 aliphatic carbocycles. The highest BCUT2D eigenvalue weighted by molar-refractivity contribution is 7.91. The lowest BCUT2D eigenvalue weighted by Crippen LogP contribution is -2.27. The summed E-state index contributed by atoms with van der Waals surface area (Å²) in [5.74, 6) is 0. The van der Waals surface area contributed by atoms with Crippen LogP contribution in [0.2, 0.25) is 0 Å². The number of nitrogens with zero attached hydrogens (tertiary/aromatic N) is 3. The minimum Gasteiger partial charge on any atom is -0.271 e. The minimum absolute atomic E-state index is 0.281. The van der Waals surface area contributed by atoms with Gasteiger partial charge in [-0.05, 0) is 29.6 Å². The summed E-state index contributed by atoms with van der Waals surface area (Å²) in [5.41, 5.74) is 1.56. The van der Waals surface area contributed by atoms with Crippen molar-refractivity contribution in [2.45, 2.75) is 10.8 Å². The third-order valence-corrected chi connectivity index (χ3v) is 5.82. The largest absolute Gasteiger partial charge is 0.271 e. The van der Waals surface area contributed by atoms with E-state index >= 15 is 0 Å². The van der Waals surface area contributed by atoms with Crippen LogP contribution >= 0.6 is 11.3 Å². The van der Waals surface area contributed by atoms with Gasteiger partial charge >= 0.3 is 0 Å². The maximum Gasteiger partial charge on any atom is 0.250 e. The minimum atomic E-state index is -3.42. The Balaban J connectivity index is 1.60. The van der Waals surface area contributed by atoms with Crippen molar-refractivity contribution in [2.24, 2.45) is 0 Å². The van der Waals surface area contributed by atoms with Gasteiger partial charge in [-0.3, -0.25) is 9.67 Å². The fourth-order valence-corrected chi connectivity index (χ4v) is 3.98. The van der Waals surface area contributed by atoms with Gasteiger partial charge in [0.05, 0.1) is 12.2 Å². The number of hydrogen-bond donors (Lipinski definition) is 1. The van der Waals surface area contributed by atoms with Gasteiger partial charge in [-0.15, -0.1) is 11.3 Å². The smallest absolute Gasteiger partial charge is 0.250 e. The van der Waals surface area contributed by atoms with Crippen LogP contribution in [0.15, 0.2) is 58.4 Å². The maximum absolute atomic E-state index is 12.0. The van der Waals surface area contributed by atoms with Crippen LogP contribution < -0.4 is 4.72 Å². The van der Waals surface area contributed by atoms with Crippen LogP contribution in [-0.4, -0.2) is 29.7 Å². The van der Waals surface area contributed by atoms with E-state index in [1.165, 1.54) is 11.3 Å². The van der Waals surface area contributed by atoms with E-state index in [0.717, 1.165) is 11.4 Å². The molecule has 6 nitrogen and oxygen atoms in total. The van der Waals surface area contributed by atoms with Crippen LogP contribution in [0, 0.1) is 0 Å². The molecule has 0 aromatic carbocycles. The number of sulfonamides is 1. The third-order valence-electron chi connectivity index (χ3n) is 2.96. The highest BCUT2D eigenvalue weighted by Gasteiger charge is 2.14. The molecule has 3 aromatic rings. The zero-order valence-electron chi connectivity index (χ0n) is 11.6. The molecular formula is C14H14N4O2S2. The first-order valence-electron chi connectivity index (χ1n) is 6.63. The molecule has 3 rings (SSSR count). The van der Waals surface area contributed by atoms with Crippen molar-refractivity contribution in [1.82, 2.24) is 19.5 Å². The summed E-state index contributed by atoms with van der Waals surface area (Å²) in [6.45, 7) is 0.737. The number of aromatic nitrogens is 3. The lowest BCUT2D eigenvalue weighted by molar-refractivity contribution is 0.563. The van der Waals surface area contributed by atoms with E-state index < -0.39 is 10.0 Å². The Bertz CT molecular complexity index is 827. The first-order chi connectivity index (χ1) is 10.6. The van der Waals surface area contributed by atoms with Gasteiger partial charge in [0, 0.05) is 18.9 Å². The summed E-state index contributed by atoms with van der Waals surface area (Å²) in [6, 6.07) is 10.8. The van der Waals surface area contributed by atoms with Crippen molar-refractivity contribution >= 4 is 21.4 Å². The SMILES string of the molecule is O=S(=O)(NCCn1ccc(-c2ccccn2)n1)c1cccs1.